The molecule has 1 aliphatic rings. The summed E-state index contributed by atoms with van der Waals surface area (Å²) in [5.41, 5.74) is 3.35. The number of rotatable bonds is 29. The Labute approximate surface area is 367 Å². The average Bonchev–Trinajstić information content (AvgIpc) is 3.28. The molecule has 1 N–H and O–H groups in total. The van der Waals surface area contributed by atoms with Gasteiger partial charge in [0.05, 0.1) is 32.0 Å². The number of carboxylic acids is 1. The maximum Gasteiger partial charge on any atom is 0.338 e. The lowest BCUT2D eigenvalue weighted by Gasteiger charge is -2.45. The number of carbonyl (C=O) groups is 3. The first-order valence-corrected chi connectivity index (χ1v) is 22.2. The van der Waals surface area contributed by atoms with E-state index < -0.39 is 42.6 Å². The molecule has 334 valence electrons. The van der Waals surface area contributed by atoms with E-state index in [1.165, 1.54) is 6.92 Å². The van der Waals surface area contributed by atoms with Crippen LogP contribution in [0.3, 0.4) is 0 Å². The molecule has 5 rings (SSSR count). The second kappa shape index (κ2) is 27.9. The summed E-state index contributed by atoms with van der Waals surface area (Å²) in [4.78, 5) is 36.3. The van der Waals surface area contributed by atoms with Gasteiger partial charge >= 0.3 is 17.9 Å². The van der Waals surface area contributed by atoms with Crippen LogP contribution in [-0.2, 0) is 62.6 Å². The zero-order valence-corrected chi connectivity index (χ0v) is 36.1. The van der Waals surface area contributed by atoms with Crippen molar-refractivity contribution in [2.75, 3.05) is 13.2 Å². The number of esters is 2. The molecule has 11 nitrogen and oxygen atoms in total. The summed E-state index contributed by atoms with van der Waals surface area (Å²) in [5, 5.41) is 8.86. The molecule has 0 radical (unpaired) electrons. The van der Waals surface area contributed by atoms with Crippen LogP contribution >= 0.6 is 0 Å². The van der Waals surface area contributed by atoms with Gasteiger partial charge in [-0.1, -0.05) is 141 Å². The van der Waals surface area contributed by atoms with Crippen LogP contribution in [0.15, 0.2) is 121 Å². The minimum atomic E-state index is -0.979. The number of ether oxygens (including phenoxy) is 7. The van der Waals surface area contributed by atoms with Gasteiger partial charge in [-0.05, 0) is 67.3 Å². The number of hydrogen-bond acceptors (Lipinski definition) is 10. The Balaban J connectivity index is 1.25. The molecule has 1 saturated heterocycles. The molecule has 11 heteroatoms. The Morgan fingerprint density at radius 1 is 0.581 bits per heavy atom. The monoisotopic (exact) mass is 852 g/mol. The average molecular weight is 853 g/mol. The number of aliphatic carboxylic acids is 1. The van der Waals surface area contributed by atoms with E-state index in [2.05, 4.69) is 0 Å². The van der Waals surface area contributed by atoms with Gasteiger partial charge in [0, 0.05) is 20.0 Å². The molecule has 0 spiro atoms. The molecular weight excluding hydrogens is 789 g/mol. The fourth-order valence-electron chi connectivity index (χ4n) is 7.53. The first-order chi connectivity index (χ1) is 30.4. The van der Waals surface area contributed by atoms with Gasteiger partial charge in [0.2, 0.25) is 0 Å². The summed E-state index contributed by atoms with van der Waals surface area (Å²) in [6.45, 7) is 2.87. The van der Waals surface area contributed by atoms with Crippen LogP contribution in [0.5, 0.6) is 0 Å². The molecule has 0 bridgehead atoms. The highest BCUT2D eigenvalue weighted by molar-refractivity contribution is 5.89. The third kappa shape index (κ3) is 17.8. The van der Waals surface area contributed by atoms with Gasteiger partial charge in [-0.3, -0.25) is 9.59 Å². The van der Waals surface area contributed by atoms with Crippen LogP contribution in [0.4, 0.5) is 0 Å². The van der Waals surface area contributed by atoms with Crippen molar-refractivity contribution < 1.29 is 52.6 Å². The highest BCUT2D eigenvalue weighted by atomic mass is 16.7. The second-order valence-electron chi connectivity index (χ2n) is 15.8. The predicted molar refractivity (Wildman–Crippen MR) is 235 cm³/mol. The molecule has 62 heavy (non-hydrogen) atoms. The fraction of sp³-hybridized carbons (Fsp3) is 0.471. The third-order valence-electron chi connectivity index (χ3n) is 10.8. The number of benzene rings is 4. The Hall–Kier alpha value is -4.91. The summed E-state index contributed by atoms with van der Waals surface area (Å²) < 4.78 is 44.9. The summed E-state index contributed by atoms with van der Waals surface area (Å²) in [6.07, 6.45) is 5.44. The zero-order valence-electron chi connectivity index (χ0n) is 36.1. The van der Waals surface area contributed by atoms with Crippen LogP contribution in [0.25, 0.3) is 0 Å². The highest BCUT2D eigenvalue weighted by Gasteiger charge is 2.50. The molecule has 1 fully saturated rings. The molecule has 0 aromatic heterocycles. The van der Waals surface area contributed by atoms with Crippen LogP contribution in [-0.4, -0.2) is 73.0 Å². The van der Waals surface area contributed by atoms with Gasteiger partial charge in [0.15, 0.2) is 12.4 Å². The van der Waals surface area contributed by atoms with Gasteiger partial charge in [-0.15, -0.1) is 0 Å². The van der Waals surface area contributed by atoms with Gasteiger partial charge in [-0.25, -0.2) is 4.79 Å². The predicted octanol–water partition coefficient (Wildman–Crippen LogP) is 10.0. The van der Waals surface area contributed by atoms with E-state index in [0.717, 1.165) is 80.9 Å². The Bertz CT molecular complexity index is 1830. The quantitative estimate of drug-likeness (QED) is 0.0413. The number of unbranched alkanes of at least 4 members (excludes halogenated alkanes) is 7. The smallest absolute Gasteiger partial charge is 0.338 e. The van der Waals surface area contributed by atoms with E-state index in [9.17, 15) is 14.4 Å². The standard InChI is InChI=1S/C51H64O11/c1-39(52)60-44(32-20-4-5-21-33-46(53)54)31-19-3-2-6-22-34-57-51-49(62-50(55)43-29-17-10-18-30-43)48(59-37-42-27-15-9-16-28-42)47(58-36-41-25-13-8-14-26-41)45(61-51)38-56-35-40-23-11-7-12-24-40/h7-18,23-30,44-45,47-49,51H,2-6,19-22,31-38H2,1H3,(H,53,54)/t44?,45-,47-,48+,49-,51-/m1/s1. The summed E-state index contributed by atoms with van der Waals surface area (Å²) >= 11 is 0. The van der Waals surface area contributed by atoms with Crippen molar-refractivity contribution in [3.63, 3.8) is 0 Å². The van der Waals surface area contributed by atoms with Crippen LogP contribution in [0.2, 0.25) is 0 Å². The number of carbonyl (C=O) groups excluding carboxylic acids is 2. The lowest BCUT2D eigenvalue weighted by molar-refractivity contribution is -0.318. The normalized spacial score (nSPS) is 19.1. The zero-order chi connectivity index (χ0) is 43.6. The van der Waals surface area contributed by atoms with Crippen molar-refractivity contribution in [2.45, 2.75) is 141 Å². The Morgan fingerprint density at radius 3 is 1.65 bits per heavy atom. The summed E-state index contributed by atoms with van der Waals surface area (Å²) in [7, 11) is 0. The summed E-state index contributed by atoms with van der Waals surface area (Å²) in [6, 6.07) is 38.5. The molecule has 0 saturated carbocycles. The van der Waals surface area contributed by atoms with E-state index in [0.29, 0.717) is 25.2 Å². The van der Waals surface area contributed by atoms with Gasteiger partial charge in [0.25, 0.3) is 0 Å². The van der Waals surface area contributed by atoms with Crippen LogP contribution < -0.4 is 0 Å². The lowest BCUT2D eigenvalue weighted by atomic mass is 9.97. The molecule has 4 aromatic rings. The molecular formula is C51H64O11. The highest BCUT2D eigenvalue weighted by Crippen LogP contribution is 2.32. The van der Waals surface area contributed by atoms with Crippen molar-refractivity contribution in [1.82, 2.24) is 0 Å². The van der Waals surface area contributed by atoms with Crippen LogP contribution in [0.1, 0.15) is 111 Å². The fourth-order valence-corrected chi connectivity index (χ4v) is 7.53. The van der Waals surface area contributed by atoms with Crippen molar-refractivity contribution >= 4 is 17.9 Å². The van der Waals surface area contributed by atoms with Crippen molar-refractivity contribution in [3.05, 3.63) is 144 Å². The molecule has 1 heterocycles. The minimum Gasteiger partial charge on any atom is -0.481 e. The minimum absolute atomic E-state index is 0.128. The van der Waals surface area contributed by atoms with Crippen LogP contribution in [0, 0.1) is 0 Å². The molecule has 6 atom stereocenters. The number of hydrogen-bond donors (Lipinski definition) is 1. The van der Waals surface area contributed by atoms with E-state index in [-0.39, 0.29) is 38.3 Å². The van der Waals surface area contributed by atoms with E-state index in [4.69, 9.17) is 38.3 Å². The van der Waals surface area contributed by atoms with E-state index in [1.54, 1.807) is 24.3 Å². The first kappa shape index (κ1) is 48.1. The van der Waals surface area contributed by atoms with Crippen molar-refractivity contribution in [2.24, 2.45) is 0 Å². The molecule has 0 amide bonds. The maximum absolute atomic E-state index is 13.8. The van der Waals surface area contributed by atoms with Gasteiger partial charge < -0.3 is 38.3 Å². The number of carboxylic acid groups (broad SMARTS) is 1. The summed E-state index contributed by atoms with van der Waals surface area (Å²) in [5.74, 6) is -1.57. The third-order valence-corrected chi connectivity index (χ3v) is 10.8. The molecule has 1 unspecified atom stereocenters. The van der Waals surface area contributed by atoms with E-state index in [1.807, 2.05) is 97.1 Å². The van der Waals surface area contributed by atoms with Crippen molar-refractivity contribution in [1.29, 1.82) is 0 Å². The largest absolute Gasteiger partial charge is 0.481 e. The topological polar surface area (TPSA) is 136 Å². The van der Waals surface area contributed by atoms with Gasteiger partial charge in [-0.2, -0.15) is 0 Å². The van der Waals surface area contributed by atoms with E-state index >= 15 is 0 Å². The molecule has 1 aliphatic heterocycles. The maximum atomic E-state index is 13.8. The van der Waals surface area contributed by atoms with Crippen molar-refractivity contribution in [3.8, 4) is 0 Å². The first-order valence-electron chi connectivity index (χ1n) is 22.2. The van der Waals surface area contributed by atoms with Gasteiger partial charge in [0.1, 0.15) is 24.4 Å². The second-order valence-corrected chi connectivity index (χ2v) is 15.8. The Kier molecular flexibility index (Phi) is 21.7. The molecule has 0 aliphatic carbocycles. The SMILES string of the molecule is CC(=O)OC(CCCCCCCO[C@@H]1O[C@H](COCc2ccccc2)[C@@H](OCc2ccccc2)[C@H](OCc2ccccc2)[C@H]1OC(=O)c1ccccc1)CCCCCCC(=O)O. The molecule has 4 aromatic carbocycles. The lowest BCUT2D eigenvalue weighted by Crippen LogP contribution is -2.62. The Morgan fingerprint density at radius 2 is 1.08 bits per heavy atom.